The second-order valence-corrected chi connectivity index (χ2v) is 5.31. The smallest absolute Gasteiger partial charge is 0.251 e. The zero-order chi connectivity index (χ0) is 15.2. The average molecular weight is 287 g/mol. The maximum atomic E-state index is 12.1. The van der Waals surface area contributed by atoms with Crippen LogP contribution in [-0.2, 0) is 4.79 Å². The predicted octanol–water partition coefficient (Wildman–Crippen LogP) is 1.40. The van der Waals surface area contributed by atoms with Gasteiger partial charge in [-0.3, -0.25) is 9.59 Å². The van der Waals surface area contributed by atoms with Crippen molar-refractivity contribution in [1.82, 2.24) is 10.6 Å². The molecule has 0 aliphatic carbocycles. The van der Waals surface area contributed by atoms with Crippen LogP contribution in [-0.4, -0.2) is 31.4 Å². The molecule has 1 heterocycles. The lowest BCUT2D eigenvalue weighted by Gasteiger charge is -2.14. The first-order valence-electron chi connectivity index (χ1n) is 7.12. The first-order valence-corrected chi connectivity index (χ1v) is 7.12. The van der Waals surface area contributed by atoms with E-state index in [1.54, 1.807) is 30.3 Å². The second-order valence-electron chi connectivity index (χ2n) is 5.31. The number of hydrogen-bond donors (Lipinski definition) is 3. The second kappa shape index (κ2) is 7.04. The molecule has 5 nitrogen and oxygen atoms in total. The highest BCUT2D eigenvalue weighted by Crippen LogP contribution is 2.18. The lowest BCUT2D eigenvalue weighted by molar-refractivity contribution is -0.120. The topological polar surface area (TPSA) is 70.2 Å². The lowest BCUT2D eigenvalue weighted by Crippen LogP contribution is -2.28. The number of carbonyl (C=O) groups excluding carboxylic acids is 2. The van der Waals surface area contributed by atoms with E-state index < -0.39 is 0 Å². The SMILES string of the molecule is C=CCNC(=O)c1ccc(NC(=O)C2CNCC2C)cc1. The van der Waals surface area contributed by atoms with Crippen molar-refractivity contribution in [3.8, 4) is 0 Å². The number of hydrogen-bond acceptors (Lipinski definition) is 3. The monoisotopic (exact) mass is 287 g/mol. The van der Waals surface area contributed by atoms with Crippen molar-refractivity contribution in [2.75, 3.05) is 25.0 Å². The summed E-state index contributed by atoms with van der Waals surface area (Å²) in [6.45, 7) is 7.64. The van der Waals surface area contributed by atoms with Crippen LogP contribution in [0.2, 0.25) is 0 Å². The molecule has 1 aliphatic heterocycles. The Hall–Kier alpha value is -2.14. The van der Waals surface area contributed by atoms with Gasteiger partial charge in [0.1, 0.15) is 0 Å². The summed E-state index contributed by atoms with van der Waals surface area (Å²) in [6.07, 6.45) is 1.63. The quantitative estimate of drug-likeness (QED) is 0.717. The van der Waals surface area contributed by atoms with Gasteiger partial charge in [-0.05, 0) is 36.7 Å². The van der Waals surface area contributed by atoms with Crippen LogP contribution in [0, 0.1) is 11.8 Å². The van der Waals surface area contributed by atoms with Crippen molar-refractivity contribution in [3.63, 3.8) is 0 Å². The van der Waals surface area contributed by atoms with Crippen LogP contribution in [0.4, 0.5) is 5.69 Å². The van der Waals surface area contributed by atoms with E-state index in [0.717, 1.165) is 13.1 Å². The highest BCUT2D eigenvalue weighted by molar-refractivity contribution is 5.96. The van der Waals surface area contributed by atoms with Crippen LogP contribution < -0.4 is 16.0 Å². The van der Waals surface area contributed by atoms with Crippen LogP contribution in [0.15, 0.2) is 36.9 Å². The molecule has 1 aliphatic rings. The third-order valence-electron chi connectivity index (χ3n) is 3.68. The summed E-state index contributed by atoms with van der Waals surface area (Å²) in [4.78, 5) is 23.9. The Bertz CT molecular complexity index is 525. The molecule has 0 saturated carbocycles. The van der Waals surface area contributed by atoms with Gasteiger partial charge in [-0.25, -0.2) is 0 Å². The van der Waals surface area contributed by atoms with E-state index in [1.807, 2.05) is 0 Å². The zero-order valence-electron chi connectivity index (χ0n) is 12.2. The largest absolute Gasteiger partial charge is 0.349 e. The number of benzene rings is 1. The van der Waals surface area contributed by atoms with Crippen molar-refractivity contribution < 1.29 is 9.59 Å². The Balaban J connectivity index is 1.94. The molecule has 21 heavy (non-hydrogen) atoms. The van der Waals surface area contributed by atoms with Crippen molar-refractivity contribution >= 4 is 17.5 Å². The van der Waals surface area contributed by atoms with Crippen LogP contribution in [0.5, 0.6) is 0 Å². The summed E-state index contributed by atoms with van der Waals surface area (Å²) in [6, 6.07) is 6.89. The number of rotatable bonds is 5. The molecule has 1 aromatic rings. The van der Waals surface area contributed by atoms with Crippen molar-refractivity contribution in [1.29, 1.82) is 0 Å². The molecule has 2 rings (SSSR count). The Labute approximate surface area is 124 Å². The van der Waals surface area contributed by atoms with Gasteiger partial charge in [0, 0.05) is 24.3 Å². The third kappa shape index (κ3) is 3.92. The van der Waals surface area contributed by atoms with Crippen LogP contribution >= 0.6 is 0 Å². The van der Waals surface area contributed by atoms with E-state index in [4.69, 9.17) is 0 Å². The Kier molecular flexibility index (Phi) is 5.11. The summed E-state index contributed by atoms with van der Waals surface area (Å²) in [5.41, 5.74) is 1.27. The number of anilines is 1. The standard InChI is InChI=1S/C16H21N3O2/c1-3-8-18-15(20)12-4-6-13(7-5-12)19-16(21)14-10-17-9-11(14)2/h3-7,11,14,17H,1,8-10H2,2H3,(H,18,20)(H,19,21). The third-order valence-corrected chi connectivity index (χ3v) is 3.68. The minimum atomic E-state index is -0.151. The molecular formula is C16H21N3O2. The molecule has 0 aromatic heterocycles. The van der Waals surface area contributed by atoms with Gasteiger partial charge in [-0.15, -0.1) is 6.58 Å². The van der Waals surface area contributed by atoms with Gasteiger partial charge in [0.2, 0.25) is 5.91 Å². The summed E-state index contributed by atoms with van der Waals surface area (Å²) in [5.74, 6) is 0.215. The number of amides is 2. The first-order chi connectivity index (χ1) is 10.1. The fourth-order valence-electron chi connectivity index (χ4n) is 2.37. The molecule has 1 aromatic carbocycles. The number of carbonyl (C=O) groups is 2. The normalized spacial score (nSPS) is 20.8. The Morgan fingerprint density at radius 1 is 1.33 bits per heavy atom. The molecule has 1 fully saturated rings. The average Bonchev–Trinajstić information content (AvgIpc) is 2.91. The van der Waals surface area contributed by atoms with Gasteiger partial charge in [0.15, 0.2) is 0 Å². The molecular weight excluding hydrogens is 266 g/mol. The molecule has 112 valence electrons. The maximum Gasteiger partial charge on any atom is 0.251 e. The van der Waals surface area contributed by atoms with E-state index in [-0.39, 0.29) is 17.7 Å². The first kappa shape index (κ1) is 15.3. The van der Waals surface area contributed by atoms with E-state index >= 15 is 0 Å². The van der Waals surface area contributed by atoms with E-state index in [1.165, 1.54) is 0 Å². The van der Waals surface area contributed by atoms with Crippen molar-refractivity contribution in [2.45, 2.75) is 6.92 Å². The van der Waals surface area contributed by atoms with Gasteiger partial charge in [0.25, 0.3) is 5.91 Å². The highest BCUT2D eigenvalue weighted by atomic mass is 16.2. The molecule has 2 amide bonds. The van der Waals surface area contributed by atoms with Crippen LogP contribution in [0.1, 0.15) is 17.3 Å². The van der Waals surface area contributed by atoms with Crippen molar-refractivity contribution in [3.05, 3.63) is 42.5 Å². The summed E-state index contributed by atoms with van der Waals surface area (Å²) < 4.78 is 0. The molecule has 5 heteroatoms. The minimum Gasteiger partial charge on any atom is -0.349 e. The maximum absolute atomic E-state index is 12.1. The Morgan fingerprint density at radius 2 is 2.05 bits per heavy atom. The predicted molar refractivity (Wildman–Crippen MR) is 83.1 cm³/mol. The Morgan fingerprint density at radius 3 is 2.62 bits per heavy atom. The van der Waals surface area contributed by atoms with E-state index in [9.17, 15) is 9.59 Å². The summed E-state index contributed by atoms with van der Waals surface area (Å²) >= 11 is 0. The van der Waals surface area contributed by atoms with Gasteiger partial charge >= 0.3 is 0 Å². The molecule has 2 unspecified atom stereocenters. The summed E-state index contributed by atoms with van der Waals surface area (Å²) in [5, 5.41) is 8.81. The fraction of sp³-hybridized carbons (Fsp3) is 0.375. The van der Waals surface area contributed by atoms with E-state index in [2.05, 4.69) is 29.5 Å². The van der Waals surface area contributed by atoms with Crippen LogP contribution in [0.25, 0.3) is 0 Å². The zero-order valence-corrected chi connectivity index (χ0v) is 12.2. The number of nitrogens with one attached hydrogen (secondary N) is 3. The van der Waals surface area contributed by atoms with Gasteiger partial charge in [-0.2, -0.15) is 0 Å². The van der Waals surface area contributed by atoms with Gasteiger partial charge < -0.3 is 16.0 Å². The molecule has 0 radical (unpaired) electrons. The fourth-order valence-corrected chi connectivity index (χ4v) is 2.37. The molecule has 0 bridgehead atoms. The molecule has 2 atom stereocenters. The minimum absolute atomic E-state index is 0.000525. The highest BCUT2D eigenvalue weighted by Gasteiger charge is 2.29. The van der Waals surface area contributed by atoms with E-state index in [0.29, 0.717) is 23.7 Å². The van der Waals surface area contributed by atoms with Gasteiger partial charge in [-0.1, -0.05) is 13.0 Å². The lowest BCUT2D eigenvalue weighted by atomic mass is 9.97. The molecule has 3 N–H and O–H groups in total. The van der Waals surface area contributed by atoms with Gasteiger partial charge in [0.05, 0.1) is 5.92 Å². The molecule has 1 saturated heterocycles. The van der Waals surface area contributed by atoms with Crippen LogP contribution in [0.3, 0.4) is 0 Å². The van der Waals surface area contributed by atoms with Crippen molar-refractivity contribution in [2.24, 2.45) is 11.8 Å². The molecule has 0 spiro atoms. The summed E-state index contributed by atoms with van der Waals surface area (Å²) in [7, 11) is 0.